The molecular formula is C8H21BN4O4S. The summed E-state index contributed by atoms with van der Waals surface area (Å²) >= 11 is 0. The number of nitrogens with zero attached hydrogens (tertiary/aromatic N) is 1. The van der Waals surface area contributed by atoms with Gasteiger partial charge in [0.2, 0.25) is 0 Å². The number of hydrazine groups is 1. The highest BCUT2D eigenvalue weighted by atomic mass is 32.2. The topological polar surface area (TPSA) is 128 Å². The van der Waals surface area contributed by atoms with Crippen molar-refractivity contribution in [2.75, 3.05) is 20.1 Å². The van der Waals surface area contributed by atoms with Gasteiger partial charge in [-0.2, -0.15) is 12.7 Å². The zero-order valence-electron chi connectivity index (χ0n) is 10.4. The summed E-state index contributed by atoms with van der Waals surface area (Å²) in [5.74, 6) is 0.0529. The van der Waals surface area contributed by atoms with Crippen LogP contribution in [0.1, 0.15) is 12.8 Å². The van der Waals surface area contributed by atoms with Gasteiger partial charge in [0.05, 0.1) is 0 Å². The molecule has 0 bridgehead atoms. The number of hydrogen-bond donors (Lipinski definition) is 5. The Hall–Kier alpha value is -0.225. The second-order valence-electron chi connectivity index (χ2n) is 4.51. The second kappa shape index (κ2) is 6.80. The SMILES string of the molecule is CNNS(=O)(=O)N1C[C@H](CCCB(O)O)[C@@H](N)C1. The number of nitrogens with two attached hydrogens (primary N) is 1. The molecule has 0 unspecified atom stereocenters. The minimum Gasteiger partial charge on any atom is -0.427 e. The number of nitrogens with one attached hydrogen (secondary N) is 2. The van der Waals surface area contributed by atoms with Gasteiger partial charge in [-0.1, -0.05) is 6.42 Å². The van der Waals surface area contributed by atoms with E-state index in [1.54, 1.807) is 0 Å². The van der Waals surface area contributed by atoms with E-state index in [1.807, 2.05) is 0 Å². The normalized spacial score (nSPS) is 25.6. The third-order valence-corrected chi connectivity index (χ3v) is 4.51. The molecule has 2 atom stereocenters. The van der Waals surface area contributed by atoms with E-state index < -0.39 is 17.3 Å². The fourth-order valence-electron chi connectivity index (χ4n) is 2.11. The lowest BCUT2D eigenvalue weighted by Crippen LogP contribution is -2.45. The highest BCUT2D eigenvalue weighted by Crippen LogP contribution is 2.23. The molecule has 0 aromatic carbocycles. The first kappa shape index (κ1) is 15.8. The molecule has 0 radical (unpaired) electrons. The molecule has 0 spiro atoms. The van der Waals surface area contributed by atoms with Crippen LogP contribution in [0.4, 0.5) is 0 Å². The Morgan fingerprint density at radius 1 is 1.44 bits per heavy atom. The average molecular weight is 280 g/mol. The molecule has 1 rings (SSSR count). The highest BCUT2D eigenvalue weighted by molar-refractivity contribution is 7.87. The van der Waals surface area contributed by atoms with E-state index >= 15 is 0 Å². The van der Waals surface area contributed by atoms with Gasteiger partial charge >= 0.3 is 7.12 Å². The minimum atomic E-state index is -3.52. The maximum atomic E-state index is 11.7. The van der Waals surface area contributed by atoms with Crippen molar-refractivity contribution in [2.24, 2.45) is 11.7 Å². The summed E-state index contributed by atoms with van der Waals surface area (Å²) in [7, 11) is -3.36. The van der Waals surface area contributed by atoms with E-state index in [-0.39, 0.29) is 24.8 Å². The first-order valence-electron chi connectivity index (χ1n) is 5.92. The zero-order valence-corrected chi connectivity index (χ0v) is 11.2. The average Bonchev–Trinajstić information content (AvgIpc) is 2.60. The molecule has 0 amide bonds. The molecule has 106 valence electrons. The maximum absolute atomic E-state index is 11.7. The van der Waals surface area contributed by atoms with Gasteiger partial charge in [-0.25, -0.2) is 5.43 Å². The molecule has 0 aromatic rings. The summed E-state index contributed by atoms with van der Waals surface area (Å²) in [5, 5.41) is 17.5. The molecule has 6 N–H and O–H groups in total. The van der Waals surface area contributed by atoms with Crippen molar-refractivity contribution in [3.8, 4) is 0 Å². The third-order valence-electron chi connectivity index (χ3n) is 3.07. The molecule has 0 saturated carbocycles. The van der Waals surface area contributed by atoms with E-state index in [1.165, 1.54) is 11.4 Å². The standard InChI is InChI=1S/C8H21BN4O4S/c1-11-12-18(16,17)13-5-7(8(10)6-13)3-2-4-9(14)15/h7-8,11-12,14-15H,2-6,10H2,1H3/t7-,8-/m0/s1. The summed E-state index contributed by atoms with van der Waals surface area (Å²) in [6.07, 6.45) is 1.58. The van der Waals surface area contributed by atoms with Crippen LogP contribution >= 0.6 is 0 Å². The van der Waals surface area contributed by atoms with Gasteiger partial charge in [-0.3, -0.25) is 0 Å². The Balaban J connectivity index is 2.46. The van der Waals surface area contributed by atoms with E-state index in [0.29, 0.717) is 19.4 Å². The number of hydrogen-bond acceptors (Lipinski definition) is 6. The molecule has 10 heteroatoms. The van der Waals surface area contributed by atoms with Gasteiger partial charge in [0.25, 0.3) is 10.2 Å². The van der Waals surface area contributed by atoms with Crippen molar-refractivity contribution in [1.82, 2.24) is 14.6 Å². The largest absolute Gasteiger partial charge is 0.451 e. The van der Waals surface area contributed by atoms with Crippen LogP contribution in [0.5, 0.6) is 0 Å². The molecule has 1 aliphatic rings. The Morgan fingerprint density at radius 2 is 2.11 bits per heavy atom. The zero-order chi connectivity index (χ0) is 13.8. The molecule has 1 heterocycles. The van der Waals surface area contributed by atoms with Crippen LogP contribution in [0.3, 0.4) is 0 Å². The Morgan fingerprint density at radius 3 is 2.67 bits per heavy atom. The van der Waals surface area contributed by atoms with Crippen LogP contribution in [-0.4, -0.2) is 56.1 Å². The third kappa shape index (κ3) is 4.46. The van der Waals surface area contributed by atoms with Gasteiger partial charge in [0, 0.05) is 19.1 Å². The fraction of sp³-hybridized carbons (Fsp3) is 1.00. The second-order valence-corrected chi connectivity index (χ2v) is 6.18. The van der Waals surface area contributed by atoms with Gasteiger partial charge in [0.1, 0.15) is 0 Å². The lowest BCUT2D eigenvalue weighted by atomic mass is 9.82. The molecule has 0 aromatic heterocycles. The van der Waals surface area contributed by atoms with Gasteiger partial charge in [-0.05, 0) is 25.7 Å². The van der Waals surface area contributed by atoms with Gasteiger partial charge < -0.3 is 15.8 Å². The molecule has 1 aliphatic heterocycles. The first-order chi connectivity index (χ1) is 8.36. The van der Waals surface area contributed by atoms with Crippen LogP contribution in [0.2, 0.25) is 6.32 Å². The predicted octanol–water partition coefficient (Wildman–Crippen LogP) is -2.53. The van der Waals surface area contributed by atoms with E-state index in [0.717, 1.165) is 0 Å². The van der Waals surface area contributed by atoms with E-state index in [9.17, 15) is 8.42 Å². The van der Waals surface area contributed by atoms with E-state index in [2.05, 4.69) is 10.3 Å². The van der Waals surface area contributed by atoms with Crippen LogP contribution in [0.15, 0.2) is 0 Å². The quantitative estimate of drug-likeness (QED) is 0.258. The minimum absolute atomic E-state index is 0.0529. The fourth-order valence-corrected chi connectivity index (χ4v) is 3.26. The van der Waals surface area contributed by atoms with Crippen molar-refractivity contribution in [2.45, 2.75) is 25.2 Å². The van der Waals surface area contributed by atoms with Crippen LogP contribution < -0.4 is 16.0 Å². The monoisotopic (exact) mass is 280 g/mol. The molecular weight excluding hydrogens is 259 g/mol. The van der Waals surface area contributed by atoms with Crippen molar-refractivity contribution < 1.29 is 18.5 Å². The summed E-state index contributed by atoms with van der Waals surface area (Å²) in [5.41, 5.74) is 8.29. The smallest absolute Gasteiger partial charge is 0.427 e. The Bertz CT molecular complexity index is 353. The molecule has 8 nitrogen and oxygen atoms in total. The van der Waals surface area contributed by atoms with Gasteiger partial charge in [0.15, 0.2) is 0 Å². The van der Waals surface area contributed by atoms with E-state index in [4.69, 9.17) is 15.8 Å². The first-order valence-corrected chi connectivity index (χ1v) is 7.36. The van der Waals surface area contributed by atoms with Crippen LogP contribution in [0, 0.1) is 5.92 Å². The lowest BCUT2D eigenvalue weighted by molar-refractivity contribution is 0.390. The summed E-state index contributed by atoms with van der Waals surface area (Å²) in [4.78, 5) is 2.19. The summed E-state index contributed by atoms with van der Waals surface area (Å²) in [6, 6.07) is -0.214. The van der Waals surface area contributed by atoms with Crippen molar-refractivity contribution in [3.63, 3.8) is 0 Å². The molecule has 1 fully saturated rings. The highest BCUT2D eigenvalue weighted by Gasteiger charge is 2.36. The Kier molecular flexibility index (Phi) is 5.98. The predicted molar refractivity (Wildman–Crippen MR) is 68.4 cm³/mol. The van der Waals surface area contributed by atoms with Crippen molar-refractivity contribution in [1.29, 1.82) is 0 Å². The summed E-state index contributed by atoms with van der Waals surface area (Å²) in [6.45, 7) is 0.642. The molecule has 0 aliphatic carbocycles. The van der Waals surface area contributed by atoms with Crippen molar-refractivity contribution in [3.05, 3.63) is 0 Å². The Labute approximate surface area is 108 Å². The van der Waals surface area contributed by atoms with Crippen LogP contribution in [0.25, 0.3) is 0 Å². The lowest BCUT2D eigenvalue weighted by Gasteiger charge is -2.16. The van der Waals surface area contributed by atoms with Crippen molar-refractivity contribution >= 4 is 17.3 Å². The molecule has 1 saturated heterocycles. The number of rotatable bonds is 7. The summed E-state index contributed by atoms with van der Waals surface area (Å²) < 4.78 is 24.7. The maximum Gasteiger partial charge on any atom is 0.451 e. The van der Waals surface area contributed by atoms with Gasteiger partial charge in [-0.15, -0.1) is 4.83 Å². The van der Waals surface area contributed by atoms with Crippen LogP contribution in [-0.2, 0) is 10.2 Å². The molecule has 18 heavy (non-hydrogen) atoms.